The van der Waals surface area contributed by atoms with E-state index in [4.69, 9.17) is 4.74 Å². The van der Waals surface area contributed by atoms with E-state index < -0.39 is 10.0 Å². The van der Waals surface area contributed by atoms with Gasteiger partial charge in [0.25, 0.3) is 0 Å². The molecular weight excluding hydrogens is 491 g/mol. The van der Waals surface area contributed by atoms with Crippen molar-refractivity contribution in [2.45, 2.75) is 44.6 Å². The number of benzene rings is 1. The number of nitrogens with zero attached hydrogens (tertiary/aromatic N) is 2. The Labute approximate surface area is 186 Å². The molecule has 1 heterocycles. The minimum absolute atomic E-state index is 0. The van der Waals surface area contributed by atoms with Gasteiger partial charge in [-0.15, -0.1) is 24.0 Å². The zero-order valence-corrected chi connectivity index (χ0v) is 20.0. The van der Waals surface area contributed by atoms with Crippen LogP contribution in [0, 0.1) is 0 Å². The number of hydrogen-bond acceptors (Lipinski definition) is 4. The van der Waals surface area contributed by atoms with Crippen molar-refractivity contribution in [3.05, 3.63) is 29.8 Å². The molecule has 0 spiro atoms. The van der Waals surface area contributed by atoms with Crippen LogP contribution in [-0.2, 0) is 21.3 Å². The van der Waals surface area contributed by atoms with E-state index in [-0.39, 0.29) is 24.0 Å². The topological polar surface area (TPSA) is 83.0 Å². The second kappa shape index (κ2) is 13.3. The number of rotatable bonds is 10. The molecule has 2 rings (SSSR count). The van der Waals surface area contributed by atoms with E-state index in [0.717, 1.165) is 57.1 Å². The number of halogens is 1. The van der Waals surface area contributed by atoms with Crippen LogP contribution in [0.4, 0.5) is 0 Å². The molecule has 1 aliphatic heterocycles. The van der Waals surface area contributed by atoms with E-state index in [0.29, 0.717) is 24.5 Å². The standard InChI is InChI=1S/C19H32N4O3S.HI/c1-3-20-19(21-12-7-15-26-4-2)22-16-17-8-10-18(11-9-17)27(24,25)23-13-5-6-14-23;/h8-11H,3-7,12-16H2,1-2H3,(H2,20,21,22);1H. The van der Waals surface area contributed by atoms with Crippen LogP contribution in [0.3, 0.4) is 0 Å². The van der Waals surface area contributed by atoms with Crippen molar-refractivity contribution in [2.24, 2.45) is 4.99 Å². The molecule has 2 N–H and O–H groups in total. The maximum Gasteiger partial charge on any atom is 0.243 e. The molecule has 0 aromatic heterocycles. The largest absolute Gasteiger partial charge is 0.382 e. The van der Waals surface area contributed by atoms with Crippen molar-refractivity contribution >= 4 is 40.0 Å². The number of aliphatic imine (C=N–C) groups is 1. The van der Waals surface area contributed by atoms with Crippen molar-refractivity contribution in [1.29, 1.82) is 0 Å². The summed E-state index contributed by atoms with van der Waals surface area (Å²) in [4.78, 5) is 4.92. The number of nitrogens with one attached hydrogen (secondary N) is 2. The monoisotopic (exact) mass is 524 g/mol. The van der Waals surface area contributed by atoms with Gasteiger partial charge in [0.05, 0.1) is 11.4 Å². The van der Waals surface area contributed by atoms with E-state index in [9.17, 15) is 8.42 Å². The molecule has 0 radical (unpaired) electrons. The summed E-state index contributed by atoms with van der Waals surface area (Å²) in [7, 11) is -3.35. The molecule has 1 saturated heterocycles. The second-order valence-electron chi connectivity index (χ2n) is 6.43. The minimum atomic E-state index is -3.35. The highest BCUT2D eigenvalue weighted by Gasteiger charge is 2.26. The van der Waals surface area contributed by atoms with Gasteiger partial charge in [-0.05, 0) is 50.8 Å². The summed E-state index contributed by atoms with van der Waals surface area (Å²) >= 11 is 0. The number of ether oxygens (including phenoxy) is 1. The normalized spacial score (nSPS) is 15.3. The molecule has 1 aliphatic rings. The highest BCUT2D eigenvalue weighted by molar-refractivity contribution is 14.0. The van der Waals surface area contributed by atoms with Crippen molar-refractivity contribution < 1.29 is 13.2 Å². The molecule has 7 nitrogen and oxygen atoms in total. The van der Waals surface area contributed by atoms with Gasteiger partial charge in [0.15, 0.2) is 5.96 Å². The van der Waals surface area contributed by atoms with Crippen LogP contribution < -0.4 is 10.6 Å². The predicted molar refractivity (Wildman–Crippen MR) is 124 cm³/mol. The molecular formula is C19H33IN4O3S. The van der Waals surface area contributed by atoms with Gasteiger partial charge in [-0.1, -0.05) is 12.1 Å². The van der Waals surface area contributed by atoms with Gasteiger partial charge in [-0.3, -0.25) is 0 Å². The molecule has 28 heavy (non-hydrogen) atoms. The summed E-state index contributed by atoms with van der Waals surface area (Å²) in [6.45, 7) is 8.78. The molecule has 0 amide bonds. The first-order valence-electron chi connectivity index (χ1n) is 9.77. The Morgan fingerprint density at radius 1 is 1.14 bits per heavy atom. The summed E-state index contributed by atoms with van der Waals surface area (Å²) in [5.41, 5.74) is 0.974. The summed E-state index contributed by atoms with van der Waals surface area (Å²) < 4.78 is 32.0. The van der Waals surface area contributed by atoms with Gasteiger partial charge >= 0.3 is 0 Å². The van der Waals surface area contributed by atoms with E-state index >= 15 is 0 Å². The van der Waals surface area contributed by atoms with Crippen molar-refractivity contribution in [3.63, 3.8) is 0 Å². The first kappa shape index (κ1) is 25.1. The molecule has 9 heteroatoms. The van der Waals surface area contributed by atoms with E-state index in [1.807, 2.05) is 26.0 Å². The lowest BCUT2D eigenvalue weighted by atomic mass is 10.2. The SMILES string of the molecule is CCNC(=NCc1ccc(S(=O)(=O)N2CCCC2)cc1)NCCCOCC.I. The summed E-state index contributed by atoms with van der Waals surface area (Å²) in [6, 6.07) is 7.04. The molecule has 0 unspecified atom stereocenters. The molecule has 0 aliphatic carbocycles. The smallest absolute Gasteiger partial charge is 0.243 e. The first-order valence-corrected chi connectivity index (χ1v) is 11.2. The number of guanidine groups is 1. The third-order valence-corrected chi connectivity index (χ3v) is 6.27. The zero-order chi connectivity index (χ0) is 19.5. The third kappa shape index (κ3) is 7.84. The molecule has 160 valence electrons. The van der Waals surface area contributed by atoms with Crippen molar-refractivity contribution in [2.75, 3.05) is 39.4 Å². The quantitative estimate of drug-likeness (QED) is 0.213. The number of sulfonamides is 1. The molecule has 0 bridgehead atoms. The molecule has 0 atom stereocenters. The average Bonchev–Trinajstić information content (AvgIpc) is 3.22. The highest BCUT2D eigenvalue weighted by atomic mass is 127. The van der Waals surface area contributed by atoms with Crippen molar-refractivity contribution in [1.82, 2.24) is 14.9 Å². The zero-order valence-electron chi connectivity index (χ0n) is 16.8. The van der Waals surface area contributed by atoms with E-state index in [1.165, 1.54) is 0 Å². The maximum absolute atomic E-state index is 12.6. The van der Waals surface area contributed by atoms with E-state index in [1.54, 1.807) is 16.4 Å². The van der Waals surface area contributed by atoms with Gasteiger partial charge in [0.2, 0.25) is 10.0 Å². The van der Waals surface area contributed by atoms with Crippen LogP contribution in [-0.4, -0.2) is 58.1 Å². The Bertz CT molecular complexity index is 690. The van der Waals surface area contributed by atoms with Crippen LogP contribution in [0.25, 0.3) is 0 Å². The maximum atomic E-state index is 12.6. The number of hydrogen-bond donors (Lipinski definition) is 2. The Balaban J connectivity index is 0.00000392. The second-order valence-corrected chi connectivity index (χ2v) is 8.37. The Morgan fingerprint density at radius 2 is 1.82 bits per heavy atom. The van der Waals surface area contributed by atoms with Crippen LogP contribution in [0.15, 0.2) is 34.2 Å². The van der Waals surface area contributed by atoms with Crippen LogP contribution in [0.1, 0.15) is 38.7 Å². The fourth-order valence-electron chi connectivity index (χ4n) is 2.88. The molecule has 1 aromatic carbocycles. The average molecular weight is 524 g/mol. The molecule has 1 fully saturated rings. The van der Waals surface area contributed by atoms with Gasteiger partial charge in [-0.25, -0.2) is 13.4 Å². The Kier molecular flexibility index (Phi) is 12.0. The fourth-order valence-corrected chi connectivity index (χ4v) is 4.40. The van der Waals surface area contributed by atoms with Crippen LogP contribution in [0.5, 0.6) is 0 Å². The summed E-state index contributed by atoms with van der Waals surface area (Å²) in [5.74, 6) is 0.753. The van der Waals surface area contributed by atoms with Crippen molar-refractivity contribution in [3.8, 4) is 0 Å². The lowest BCUT2D eigenvalue weighted by molar-refractivity contribution is 0.145. The lowest BCUT2D eigenvalue weighted by Gasteiger charge is -2.15. The van der Waals surface area contributed by atoms with Gasteiger partial charge in [0.1, 0.15) is 0 Å². The Morgan fingerprint density at radius 3 is 2.43 bits per heavy atom. The predicted octanol–water partition coefficient (Wildman–Crippen LogP) is 2.57. The summed E-state index contributed by atoms with van der Waals surface area (Å²) in [6.07, 6.45) is 2.80. The first-order chi connectivity index (χ1) is 13.1. The minimum Gasteiger partial charge on any atom is -0.382 e. The highest BCUT2D eigenvalue weighted by Crippen LogP contribution is 2.21. The third-order valence-electron chi connectivity index (χ3n) is 4.35. The van der Waals surface area contributed by atoms with Gasteiger partial charge in [-0.2, -0.15) is 4.31 Å². The Hall–Kier alpha value is -0.910. The van der Waals surface area contributed by atoms with E-state index in [2.05, 4.69) is 15.6 Å². The van der Waals surface area contributed by atoms with Gasteiger partial charge in [0, 0.05) is 39.4 Å². The molecule has 0 saturated carbocycles. The molecule has 1 aromatic rings. The van der Waals surface area contributed by atoms with Crippen LogP contribution >= 0.6 is 24.0 Å². The van der Waals surface area contributed by atoms with Gasteiger partial charge < -0.3 is 15.4 Å². The summed E-state index contributed by atoms with van der Waals surface area (Å²) in [5, 5.41) is 6.49. The fraction of sp³-hybridized carbons (Fsp3) is 0.632. The van der Waals surface area contributed by atoms with Crippen LogP contribution in [0.2, 0.25) is 0 Å². The lowest BCUT2D eigenvalue weighted by Crippen LogP contribution is -2.38.